The van der Waals surface area contributed by atoms with Crippen LogP contribution in [-0.4, -0.2) is 24.7 Å². The monoisotopic (exact) mass is 324 g/mol. The number of hydrogen-bond donors (Lipinski definition) is 2. The van der Waals surface area contributed by atoms with Crippen LogP contribution in [0.2, 0.25) is 5.02 Å². The average Bonchev–Trinajstić information content (AvgIpc) is 2.97. The van der Waals surface area contributed by atoms with E-state index in [0.717, 1.165) is 11.4 Å². The molecule has 4 nitrogen and oxygen atoms in total. The van der Waals surface area contributed by atoms with Crippen LogP contribution >= 0.6 is 24.2 Å². The highest BCUT2D eigenvalue weighted by Gasteiger charge is 2.13. The summed E-state index contributed by atoms with van der Waals surface area (Å²) in [6.07, 6.45) is 1.62. The summed E-state index contributed by atoms with van der Waals surface area (Å²) in [5.74, 6) is 1.34. The summed E-state index contributed by atoms with van der Waals surface area (Å²) in [7, 11) is 0. The van der Waals surface area contributed by atoms with Crippen molar-refractivity contribution in [1.82, 2.24) is 5.32 Å². The molecule has 0 unspecified atom stereocenters. The van der Waals surface area contributed by atoms with Gasteiger partial charge in [-0.15, -0.1) is 0 Å². The van der Waals surface area contributed by atoms with Gasteiger partial charge in [0.2, 0.25) is 5.91 Å². The summed E-state index contributed by atoms with van der Waals surface area (Å²) in [5, 5.41) is 3.44. The molecule has 1 aromatic heterocycles. The van der Waals surface area contributed by atoms with E-state index in [1.54, 1.807) is 12.3 Å². The van der Waals surface area contributed by atoms with E-state index in [0.29, 0.717) is 23.9 Å². The Morgan fingerprint density at radius 3 is 2.86 bits per heavy atom. The van der Waals surface area contributed by atoms with Gasteiger partial charge in [-0.2, -0.15) is 12.6 Å². The minimum Gasteiger partial charge on any atom is -0.467 e. The first kappa shape index (κ1) is 15.8. The average molecular weight is 325 g/mol. The fraction of sp³-hybridized carbons (Fsp3) is 0.267. The minimum atomic E-state index is -0.0596. The van der Waals surface area contributed by atoms with Gasteiger partial charge in [-0.3, -0.25) is 4.79 Å². The van der Waals surface area contributed by atoms with Crippen molar-refractivity contribution in [2.75, 3.05) is 23.7 Å². The zero-order chi connectivity index (χ0) is 15.1. The molecule has 0 radical (unpaired) electrons. The Hall–Kier alpha value is -1.59. The Balaban J connectivity index is 2.12. The molecule has 112 valence electrons. The van der Waals surface area contributed by atoms with E-state index < -0.39 is 0 Å². The molecule has 0 aliphatic heterocycles. The number of rotatable bonds is 7. The number of nitrogens with zero attached hydrogens (tertiary/aromatic N) is 1. The molecule has 0 aliphatic carbocycles. The van der Waals surface area contributed by atoms with Crippen LogP contribution < -0.4 is 10.2 Å². The molecule has 0 saturated carbocycles. The summed E-state index contributed by atoms with van der Waals surface area (Å²) in [4.78, 5) is 13.9. The summed E-state index contributed by atoms with van der Waals surface area (Å²) in [5.41, 5.74) is 0.875. The third kappa shape index (κ3) is 5.02. The third-order valence-electron chi connectivity index (χ3n) is 2.87. The van der Waals surface area contributed by atoms with Gasteiger partial charge in [0.25, 0.3) is 0 Å². The molecule has 0 bridgehead atoms. The fourth-order valence-electron chi connectivity index (χ4n) is 1.93. The molecule has 6 heteroatoms. The molecule has 0 spiro atoms. The summed E-state index contributed by atoms with van der Waals surface area (Å²) in [6, 6.07) is 11.1. The van der Waals surface area contributed by atoms with Crippen molar-refractivity contribution in [2.45, 2.75) is 6.54 Å². The molecule has 21 heavy (non-hydrogen) atoms. The Morgan fingerprint density at radius 1 is 1.33 bits per heavy atom. The van der Waals surface area contributed by atoms with Crippen molar-refractivity contribution in [1.29, 1.82) is 0 Å². The molecular weight excluding hydrogens is 308 g/mol. The van der Waals surface area contributed by atoms with Crippen molar-refractivity contribution in [3.8, 4) is 0 Å². The molecule has 2 aromatic rings. The van der Waals surface area contributed by atoms with E-state index in [1.807, 2.05) is 35.2 Å². The van der Waals surface area contributed by atoms with Crippen molar-refractivity contribution >= 4 is 35.8 Å². The van der Waals surface area contributed by atoms with Gasteiger partial charge in [-0.25, -0.2) is 0 Å². The van der Waals surface area contributed by atoms with Gasteiger partial charge < -0.3 is 14.6 Å². The summed E-state index contributed by atoms with van der Waals surface area (Å²) in [6.45, 7) is 1.28. The highest BCUT2D eigenvalue weighted by molar-refractivity contribution is 7.80. The van der Waals surface area contributed by atoms with Crippen LogP contribution in [0.15, 0.2) is 47.1 Å². The number of anilines is 1. The summed E-state index contributed by atoms with van der Waals surface area (Å²) >= 11 is 10.1. The smallest absolute Gasteiger partial charge is 0.239 e. The lowest BCUT2D eigenvalue weighted by molar-refractivity contribution is -0.119. The first-order valence-electron chi connectivity index (χ1n) is 6.59. The van der Waals surface area contributed by atoms with Crippen LogP contribution in [0.3, 0.4) is 0 Å². The van der Waals surface area contributed by atoms with E-state index in [9.17, 15) is 4.79 Å². The minimum absolute atomic E-state index is 0.0596. The maximum absolute atomic E-state index is 11.9. The van der Waals surface area contributed by atoms with Crippen molar-refractivity contribution < 1.29 is 9.21 Å². The number of furan rings is 1. The van der Waals surface area contributed by atoms with Gasteiger partial charge in [-0.05, 0) is 30.3 Å². The molecule has 0 fully saturated rings. The molecule has 1 heterocycles. The van der Waals surface area contributed by atoms with Gasteiger partial charge >= 0.3 is 0 Å². The fourth-order valence-corrected chi connectivity index (χ4v) is 2.22. The van der Waals surface area contributed by atoms with Crippen LogP contribution in [0.4, 0.5) is 5.69 Å². The number of carbonyl (C=O) groups excluding carboxylic acids is 1. The van der Waals surface area contributed by atoms with Crippen molar-refractivity contribution in [3.05, 3.63) is 53.4 Å². The number of hydrogen-bond acceptors (Lipinski definition) is 4. The quantitative estimate of drug-likeness (QED) is 0.770. The molecule has 2 rings (SSSR count). The van der Waals surface area contributed by atoms with E-state index in [-0.39, 0.29) is 12.5 Å². The number of benzene rings is 1. The van der Waals surface area contributed by atoms with Crippen LogP contribution in [0.1, 0.15) is 5.76 Å². The first-order chi connectivity index (χ1) is 10.2. The molecule has 0 saturated heterocycles. The van der Waals surface area contributed by atoms with Crippen molar-refractivity contribution in [3.63, 3.8) is 0 Å². The van der Waals surface area contributed by atoms with E-state index in [4.69, 9.17) is 16.0 Å². The standard InChI is InChI=1S/C15H17ClN2O2S/c16-12-3-1-4-13(9-12)18(10-14-5-2-7-20-14)11-15(19)17-6-8-21/h1-5,7,9,21H,6,8,10-11H2,(H,17,19). The number of thiol groups is 1. The predicted octanol–water partition coefficient (Wildman–Crippen LogP) is 2.99. The van der Waals surface area contributed by atoms with Gasteiger partial charge in [0.1, 0.15) is 5.76 Å². The van der Waals surface area contributed by atoms with E-state index in [2.05, 4.69) is 17.9 Å². The van der Waals surface area contributed by atoms with Crippen molar-refractivity contribution in [2.24, 2.45) is 0 Å². The normalized spacial score (nSPS) is 10.4. The molecule has 0 atom stereocenters. The Kier molecular flexibility index (Phi) is 6.02. The number of carbonyl (C=O) groups is 1. The second-order valence-electron chi connectivity index (χ2n) is 4.49. The number of halogens is 1. The lowest BCUT2D eigenvalue weighted by Gasteiger charge is -2.23. The van der Waals surface area contributed by atoms with Gasteiger partial charge in [0.15, 0.2) is 0 Å². The second kappa shape index (κ2) is 8.00. The Labute approximate surface area is 134 Å². The SMILES string of the molecule is O=C(CN(Cc1ccco1)c1cccc(Cl)c1)NCCS. The maximum atomic E-state index is 11.9. The van der Waals surface area contributed by atoms with Crippen LogP contribution in [0, 0.1) is 0 Å². The molecule has 1 amide bonds. The van der Waals surface area contributed by atoms with Crippen LogP contribution in [-0.2, 0) is 11.3 Å². The number of nitrogens with one attached hydrogen (secondary N) is 1. The lowest BCUT2D eigenvalue weighted by atomic mass is 10.2. The van der Waals surface area contributed by atoms with Gasteiger partial charge in [0, 0.05) is 23.0 Å². The highest BCUT2D eigenvalue weighted by Crippen LogP contribution is 2.21. The number of amides is 1. The zero-order valence-electron chi connectivity index (χ0n) is 11.5. The lowest BCUT2D eigenvalue weighted by Crippen LogP contribution is -2.37. The van der Waals surface area contributed by atoms with Gasteiger partial charge in [0.05, 0.1) is 19.4 Å². The molecular formula is C15H17ClN2O2S. The topological polar surface area (TPSA) is 45.5 Å². The highest BCUT2D eigenvalue weighted by atomic mass is 35.5. The van der Waals surface area contributed by atoms with E-state index in [1.165, 1.54) is 0 Å². The summed E-state index contributed by atoms with van der Waals surface area (Å²) < 4.78 is 5.36. The predicted molar refractivity (Wildman–Crippen MR) is 88.1 cm³/mol. The molecule has 1 aromatic carbocycles. The zero-order valence-corrected chi connectivity index (χ0v) is 13.1. The molecule has 0 aliphatic rings. The molecule has 1 N–H and O–H groups in total. The van der Waals surface area contributed by atoms with Gasteiger partial charge in [-0.1, -0.05) is 17.7 Å². The van der Waals surface area contributed by atoms with Crippen LogP contribution in [0.5, 0.6) is 0 Å². The van der Waals surface area contributed by atoms with Crippen LogP contribution in [0.25, 0.3) is 0 Å². The largest absolute Gasteiger partial charge is 0.467 e. The Morgan fingerprint density at radius 2 is 2.19 bits per heavy atom. The third-order valence-corrected chi connectivity index (χ3v) is 3.33. The maximum Gasteiger partial charge on any atom is 0.239 e. The Bertz CT molecular complexity index is 575. The van der Waals surface area contributed by atoms with E-state index >= 15 is 0 Å². The second-order valence-corrected chi connectivity index (χ2v) is 5.37. The first-order valence-corrected chi connectivity index (χ1v) is 7.60.